The molecule has 1 N–H and O–H groups in total. The summed E-state index contributed by atoms with van der Waals surface area (Å²) in [6, 6.07) is 14.0. The average molecular weight is 381 g/mol. The van der Waals surface area contributed by atoms with Crippen LogP contribution in [0.25, 0.3) is 11.3 Å². The van der Waals surface area contributed by atoms with Crippen molar-refractivity contribution in [2.45, 2.75) is 19.3 Å². The van der Waals surface area contributed by atoms with Crippen LogP contribution in [-0.2, 0) is 11.2 Å². The fourth-order valence-corrected chi connectivity index (χ4v) is 3.69. The van der Waals surface area contributed by atoms with E-state index in [9.17, 15) is 4.79 Å². The molecule has 0 fully saturated rings. The number of anilines is 1. The van der Waals surface area contributed by atoms with Crippen LogP contribution >= 0.6 is 11.3 Å². The van der Waals surface area contributed by atoms with Crippen LogP contribution in [0.15, 0.2) is 60.2 Å². The molecule has 27 heavy (non-hydrogen) atoms. The summed E-state index contributed by atoms with van der Waals surface area (Å²) in [5.41, 5.74) is 3.07. The zero-order chi connectivity index (χ0) is 18.9. The number of pyridine rings is 1. The topological polar surface area (TPSA) is 58.1 Å². The van der Waals surface area contributed by atoms with E-state index in [-0.39, 0.29) is 5.91 Å². The zero-order valence-corrected chi connectivity index (χ0v) is 16.3. The number of hydrogen-bond acceptors (Lipinski definition) is 5. The standard InChI is InChI=1S/C21H24N4OS/c1-22-12-5-15-25(20(26)9-8-17-6-3-2-4-7-17)21-24-19(16-27-21)18-10-13-23-14-11-18/h2-4,6-7,10-11,13-14,16,22H,5,8-9,12,15H2,1H3. The summed E-state index contributed by atoms with van der Waals surface area (Å²) in [6.45, 7) is 1.53. The molecule has 3 aromatic rings. The fourth-order valence-electron chi connectivity index (χ4n) is 2.82. The fraction of sp³-hybridized carbons (Fsp3) is 0.286. The van der Waals surface area contributed by atoms with E-state index in [1.54, 1.807) is 12.4 Å². The summed E-state index contributed by atoms with van der Waals surface area (Å²) in [7, 11) is 1.92. The molecular formula is C21H24N4OS. The van der Waals surface area contributed by atoms with E-state index < -0.39 is 0 Å². The SMILES string of the molecule is CNCCCN(C(=O)CCc1ccccc1)c1nc(-c2ccncc2)cs1. The third-order valence-corrected chi connectivity index (χ3v) is 5.14. The Hall–Kier alpha value is -2.57. The summed E-state index contributed by atoms with van der Waals surface area (Å²) in [4.78, 5) is 23.5. The minimum absolute atomic E-state index is 0.116. The van der Waals surface area contributed by atoms with E-state index in [2.05, 4.69) is 22.4 Å². The third-order valence-electron chi connectivity index (χ3n) is 4.28. The van der Waals surface area contributed by atoms with Gasteiger partial charge in [0.25, 0.3) is 0 Å². The minimum atomic E-state index is 0.116. The first-order valence-corrected chi connectivity index (χ1v) is 10.0. The van der Waals surface area contributed by atoms with Crippen molar-refractivity contribution in [2.24, 2.45) is 0 Å². The Bertz CT molecular complexity index is 836. The van der Waals surface area contributed by atoms with Crippen molar-refractivity contribution >= 4 is 22.4 Å². The summed E-state index contributed by atoms with van der Waals surface area (Å²) in [6.07, 6.45) is 5.62. The molecule has 0 aliphatic carbocycles. The van der Waals surface area contributed by atoms with Gasteiger partial charge >= 0.3 is 0 Å². The van der Waals surface area contributed by atoms with Crippen molar-refractivity contribution in [3.05, 3.63) is 65.8 Å². The Morgan fingerprint density at radius 3 is 2.67 bits per heavy atom. The van der Waals surface area contributed by atoms with E-state index in [0.29, 0.717) is 13.0 Å². The first-order chi connectivity index (χ1) is 13.3. The highest BCUT2D eigenvalue weighted by Gasteiger charge is 2.19. The molecule has 0 radical (unpaired) electrons. The lowest BCUT2D eigenvalue weighted by molar-refractivity contribution is -0.118. The molecule has 1 aromatic carbocycles. The molecule has 0 bridgehead atoms. The second kappa shape index (κ2) is 9.94. The second-order valence-electron chi connectivity index (χ2n) is 6.24. The van der Waals surface area contributed by atoms with Crippen molar-refractivity contribution in [3.63, 3.8) is 0 Å². The quantitative estimate of drug-likeness (QED) is 0.574. The number of amides is 1. The largest absolute Gasteiger partial charge is 0.320 e. The molecule has 0 saturated carbocycles. The molecule has 6 heteroatoms. The molecule has 0 spiro atoms. The normalized spacial score (nSPS) is 10.7. The number of thiazole rings is 1. The lowest BCUT2D eigenvalue weighted by Crippen LogP contribution is -2.33. The predicted molar refractivity (Wildman–Crippen MR) is 111 cm³/mol. The van der Waals surface area contributed by atoms with Crippen molar-refractivity contribution in [3.8, 4) is 11.3 Å². The van der Waals surface area contributed by atoms with Gasteiger partial charge in [-0.1, -0.05) is 30.3 Å². The second-order valence-corrected chi connectivity index (χ2v) is 7.08. The number of nitrogens with zero attached hydrogens (tertiary/aromatic N) is 3. The summed E-state index contributed by atoms with van der Waals surface area (Å²) in [5.74, 6) is 0.116. The molecule has 0 unspecified atom stereocenters. The highest BCUT2D eigenvalue weighted by atomic mass is 32.1. The molecule has 140 valence electrons. The third kappa shape index (κ3) is 5.45. The van der Waals surface area contributed by atoms with Crippen LogP contribution in [0.2, 0.25) is 0 Å². The molecule has 0 atom stereocenters. The number of carbonyl (C=O) groups excluding carboxylic acids is 1. The molecule has 5 nitrogen and oxygen atoms in total. The van der Waals surface area contributed by atoms with Crippen LogP contribution in [0, 0.1) is 0 Å². The molecule has 0 aliphatic rings. The molecule has 0 saturated heterocycles. The molecular weight excluding hydrogens is 356 g/mol. The van der Waals surface area contributed by atoms with Gasteiger partial charge in [0.05, 0.1) is 5.69 Å². The first-order valence-electron chi connectivity index (χ1n) is 9.13. The van der Waals surface area contributed by atoms with Crippen molar-refractivity contribution < 1.29 is 4.79 Å². The number of rotatable bonds is 9. The van der Waals surface area contributed by atoms with Crippen LogP contribution in [0.3, 0.4) is 0 Å². The summed E-state index contributed by atoms with van der Waals surface area (Å²) in [5, 5.41) is 5.90. The van der Waals surface area contributed by atoms with E-state index in [0.717, 1.165) is 35.8 Å². The Morgan fingerprint density at radius 2 is 1.93 bits per heavy atom. The van der Waals surface area contributed by atoms with Crippen LogP contribution in [-0.4, -0.2) is 36.0 Å². The number of aryl methyl sites for hydroxylation is 1. The predicted octanol–water partition coefficient (Wildman–Crippen LogP) is 3.78. The monoisotopic (exact) mass is 380 g/mol. The molecule has 3 rings (SSSR count). The van der Waals surface area contributed by atoms with E-state index in [1.165, 1.54) is 16.9 Å². The molecule has 0 aliphatic heterocycles. The Kier molecular flexibility index (Phi) is 7.07. The van der Waals surface area contributed by atoms with Gasteiger partial charge in [-0.05, 0) is 44.1 Å². The van der Waals surface area contributed by atoms with Crippen LogP contribution in [0.5, 0.6) is 0 Å². The maximum absolute atomic E-state index is 12.9. The van der Waals surface area contributed by atoms with Crippen LogP contribution in [0.4, 0.5) is 5.13 Å². The van der Waals surface area contributed by atoms with Crippen LogP contribution < -0.4 is 10.2 Å². The number of aromatic nitrogens is 2. The van der Waals surface area contributed by atoms with Gasteiger partial charge in [0.15, 0.2) is 5.13 Å². The smallest absolute Gasteiger partial charge is 0.229 e. The molecule has 2 aromatic heterocycles. The average Bonchev–Trinajstić information content (AvgIpc) is 3.21. The van der Waals surface area contributed by atoms with Crippen molar-refractivity contribution in [2.75, 3.05) is 25.0 Å². The summed E-state index contributed by atoms with van der Waals surface area (Å²) < 4.78 is 0. The van der Waals surface area contributed by atoms with Gasteiger partial charge in [-0.2, -0.15) is 0 Å². The maximum atomic E-state index is 12.9. The highest BCUT2D eigenvalue weighted by molar-refractivity contribution is 7.14. The maximum Gasteiger partial charge on any atom is 0.229 e. The van der Waals surface area contributed by atoms with Crippen molar-refractivity contribution in [1.82, 2.24) is 15.3 Å². The number of hydrogen-bond donors (Lipinski definition) is 1. The first kappa shape index (κ1) is 19.2. The highest BCUT2D eigenvalue weighted by Crippen LogP contribution is 2.28. The number of benzene rings is 1. The van der Waals surface area contributed by atoms with Gasteiger partial charge in [-0.3, -0.25) is 14.7 Å². The van der Waals surface area contributed by atoms with E-state index >= 15 is 0 Å². The lowest BCUT2D eigenvalue weighted by atomic mass is 10.1. The van der Waals surface area contributed by atoms with Gasteiger partial charge < -0.3 is 5.32 Å². The van der Waals surface area contributed by atoms with Gasteiger partial charge in [0, 0.05) is 36.3 Å². The Balaban J connectivity index is 1.72. The lowest BCUT2D eigenvalue weighted by Gasteiger charge is -2.20. The number of carbonyl (C=O) groups is 1. The molecule has 1 amide bonds. The van der Waals surface area contributed by atoms with Crippen LogP contribution in [0.1, 0.15) is 18.4 Å². The van der Waals surface area contributed by atoms with Gasteiger partial charge in [0.1, 0.15) is 0 Å². The number of nitrogens with one attached hydrogen (secondary N) is 1. The molecule has 2 heterocycles. The Morgan fingerprint density at radius 1 is 1.15 bits per heavy atom. The van der Waals surface area contributed by atoms with Gasteiger partial charge in [0.2, 0.25) is 5.91 Å². The summed E-state index contributed by atoms with van der Waals surface area (Å²) >= 11 is 1.51. The zero-order valence-electron chi connectivity index (χ0n) is 15.5. The van der Waals surface area contributed by atoms with Gasteiger partial charge in [-0.25, -0.2) is 4.98 Å². The van der Waals surface area contributed by atoms with Gasteiger partial charge in [-0.15, -0.1) is 11.3 Å². The van der Waals surface area contributed by atoms with E-state index in [1.807, 2.05) is 47.7 Å². The Labute approximate surface area is 164 Å². The van der Waals surface area contributed by atoms with Crippen molar-refractivity contribution in [1.29, 1.82) is 0 Å². The minimum Gasteiger partial charge on any atom is -0.320 e. The van der Waals surface area contributed by atoms with E-state index in [4.69, 9.17) is 4.98 Å².